The van der Waals surface area contributed by atoms with Crippen molar-refractivity contribution in [3.63, 3.8) is 0 Å². The van der Waals surface area contributed by atoms with Gasteiger partial charge in [-0.1, -0.05) is 52.3 Å². The van der Waals surface area contributed by atoms with E-state index in [1.807, 2.05) is 24.3 Å². The molecule has 3 aromatic carbocycles. The standard InChI is InChI=1S/C20H15BrO2/c1-22-15-9-6-13(7-10-15)20-17-5-3-2-4-16(17)18-12-14(21)8-11-19(18)23-20/h2-12,20H,1H3. The van der Waals surface area contributed by atoms with Crippen LogP contribution in [0.3, 0.4) is 0 Å². The van der Waals surface area contributed by atoms with E-state index in [1.165, 1.54) is 11.1 Å². The van der Waals surface area contributed by atoms with Crippen molar-refractivity contribution in [1.29, 1.82) is 0 Å². The van der Waals surface area contributed by atoms with Crippen molar-refractivity contribution < 1.29 is 9.47 Å². The largest absolute Gasteiger partial charge is 0.497 e. The molecule has 3 heteroatoms. The van der Waals surface area contributed by atoms with Crippen LogP contribution in [0.25, 0.3) is 11.1 Å². The summed E-state index contributed by atoms with van der Waals surface area (Å²) in [7, 11) is 1.68. The molecule has 0 spiro atoms. The highest BCUT2D eigenvalue weighted by molar-refractivity contribution is 9.10. The van der Waals surface area contributed by atoms with Gasteiger partial charge in [-0.25, -0.2) is 0 Å². The lowest BCUT2D eigenvalue weighted by Gasteiger charge is -2.29. The Morgan fingerprint density at radius 1 is 0.913 bits per heavy atom. The topological polar surface area (TPSA) is 18.5 Å². The van der Waals surface area contributed by atoms with Crippen molar-refractivity contribution in [2.45, 2.75) is 6.10 Å². The Morgan fingerprint density at radius 2 is 1.70 bits per heavy atom. The second-order valence-electron chi connectivity index (χ2n) is 5.50. The first kappa shape index (κ1) is 14.3. The maximum absolute atomic E-state index is 6.31. The van der Waals surface area contributed by atoms with E-state index < -0.39 is 0 Å². The highest BCUT2D eigenvalue weighted by Gasteiger charge is 2.27. The molecule has 1 aliphatic rings. The van der Waals surface area contributed by atoms with Crippen LogP contribution in [0.15, 0.2) is 71.2 Å². The second-order valence-corrected chi connectivity index (χ2v) is 6.41. The molecule has 4 rings (SSSR count). The third-order valence-electron chi connectivity index (χ3n) is 4.14. The number of methoxy groups -OCH3 is 1. The Labute approximate surface area is 143 Å². The van der Waals surface area contributed by atoms with Gasteiger partial charge in [-0.05, 0) is 41.5 Å². The lowest BCUT2D eigenvalue weighted by Crippen LogP contribution is -2.15. The number of halogens is 1. The van der Waals surface area contributed by atoms with Gasteiger partial charge < -0.3 is 9.47 Å². The van der Waals surface area contributed by atoms with Crippen LogP contribution in [0.4, 0.5) is 0 Å². The third-order valence-corrected chi connectivity index (χ3v) is 4.63. The Bertz CT molecular complexity index is 856. The van der Waals surface area contributed by atoms with Crippen LogP contribution < -0.4 is 9.47 Å². The van der Waals surface area contributed by atoms with Gasteiger partial charge in [-0.2, -0.15) is 0 Å². The zero-order valence-corrected chi connectivity index (χ0v) is 14.2. The highest BCUT2D eigenvalue weighted by atomic mass is 79.9. The Balaban J connectivity index is 1.85. The Hall–Kier alpha value is -2.26. The SMILES string of the molecule is COc1ccc(C2Oc3ccc(Br)cc3-c3ccccc32)cc1. The fourth-order valence-electron chi connectivity index (χ4n) is 3.00. The van der Waals surface area contributed by atoms with Crippen molar-refractivity contribution in [3.05, 3.63) is 82.3 Å². The second kappa shape index (κ2) is 5.74. The summed E-state index contributed by atoms with van der Waals surface area (Å²) in [6.07, 6.45) is -0.106. The van der Waals surface area contributed by atoms with Crippen LogP contribution in [-0.2, 0) is 0 Å². The average Bonchev–Trinajstić information content (AvgIpc) is 2.61. The van der Waals surface area contributed by atoms with Gasteiger partial charge in [-0.15, -0.1) is 0 Å². The maximum Gasteiger partial charge on any atom is 0.149 e. The fourth-order valence-corrected chi connectivity index (χ4v) is 3.36. The predicted molar refractivity (Wildman–Crippen MR) is 95.0 cm³/mol. The summed E-state index contributed by atoms with van der Waals surface area (Å²) in [5.74, 6) is 1.76. The number of benzene rings is 3. The Kier molecular flexibility index (Phi) is 3.58. The van der Waals surface area contributed by atoms with Gasteiger partial charge in [0.1, 0.15) is 17.6 Å². The quantitative estimate of drug-likeness (QED) is 0.586. The summed E-state index contributed by atoms with van der Waals surface area (Å²) in [4.78, 5) is 0. The molecular weight excluding hydrogens is 352 g/mol. The van der Waals surface area contributed by atoms with Crippen LogP contribution in [0.5, 0.6) is 11.5 Å². The summed E-state index contributed by atoms with van der Waals surface area (Å²) in [6.45, 7) is 0. The van der Waals surface area contributed by atoms with E-state index in [-0.39, 0.29) is 6.10 Å². The van der Waals surface area contributed by atoms with Gasteiger partial charge in [0.15, 0.2) is 0 Å². The monoisotopic (exact) mass is 366 g/mol. The van der Waals surface area contributed by atoms with Gasteiger partial charge in [0.2, 0.25) is 0 Å². The third kappa shape index (κ3) is 2.51. The zero-order valence-electron chi connectivity index (χ0n) is 12.6. The molecule has 1 unspecified atom stereocenters. The molecule has 114 valence electrons. The summed E-state index contributed by atoms with van der Waals surface area (Å²) < 4.78 is 12.6. The van der Waals surface area contributed by atoms with Crippen LogP contribution >= 0.6 is 15.9 Å². The van der Waals surface area contributed by atoms with E-state index in [1.54, 1.807) is 7.11 Å². The van der Waals surface area contributed by atoms with Crippen LogP contribution in [0, 0.1) is 0 Å². The molecule has 23 heavy (non-hydrogen) atoms. The molecule has 1 atom stereocenters. The normalized spacial score (nSPS) is 15.3. The van der Waals surface area contributed by atoms with Gasteiger partial charge in [0.05, 0.1) is 7.11 Å². The molecule has 2 nitrogen and oxygen atoms in total. The lowest BCUT2D eigenvalue weighted by atomic mass is 9.90. The zero-order chi connectivity index (χ0) is 15.8. The minimum atomic E-state index is -0.106. The van der Waals surface area contributed by atoms with E-state index in [0.29, 0.717) is 0 Å². The molecule has 1 aliphatic heterocycles. The molecule has 0 N–H and O–H groups in total. The smallest absolute Gasteiger partial charge is 0.149 e. The van der Waals surface area contributed by atoms with Crippen molar-refractivity contribution >= 4 is 15.9 Å². The first-order chi connectivity index (χ1) is 11.3. The van der Waals surface area contributed by atoms with Crippen LogP contribution in [0.1, 0.15) is 17.2 Å². The molecular formula is C20H15BrO2. The molecule has 0 bridgehead atoms. The van der Waals surface area contributed by atoms with Gasteiger partial charge >= 0.3 is 0 Å². The summed E-state index contributed by atoms with van der Waals surface area (Å²) in [5, 5.41) is 0. The molecule has 0 fully saturated rings. The predicted octanol–water partition coefficient (Wildman–Crippen LogP) is 5.61. The van der Waals surface area contributed by atoms with E-state index in [4.69, 9.17) is 9.47 Å². The van der Waals surface area contributed by atoms with Crippen molar-refractivity contribution in [2.75, 3.05) is 7.11 Å². The number of rotatable bonds is 2. The Morgan fingerprint density at radius 3 is 2.48 bits per heavy atom. The van der Waals surface area contributed by atoms with Gasteiger partial charge in [0.25, 0.3) is 0 Å². The van der Waals surface area contributed by atoms with Gasteiger partial charge in [0, 0.05) is 15.6 Å². The van der Waals surface area contributed by atoms with E-state index in [2.05, 4.69) is 58.4 Å². The van der Waals surface area contributed by atoms with E-state index in [0.717, 1.165) is 27.1 Å². The minimum Gasteiger partial charge on any atom is -0.497 e. The molecule has 1 heterocycles. The van der Waals surface area contributed by atoms with E-state index >= 15 is 0 Å². The summed E-state index contributed by atoms with van der Waals surface area (Å²) in [5.41, 5.74) is 4.64. The molecule has 0 saturated carbocycles. The minimum absolute atomic E-state index is 0.106. The molecule has 0 aromatic heterocycles. The van der Waals surface area contributed by atoms with Crippen LogP contribution in [-0.4, -0.2) is 7.11 Å². The van der Waals surface area contributed by atoms with Gasteiger partial charge in [-0.3, -0.25) is 0 Å². The average molecular weight is 367 g/mol. The fraction of sp³-hybridized carbons (Fsp3) is 0.100. The molecule has 0 saturated heterocycles. The number of hydrogen-bond donors (Lipinski definition) is 0. The van der Waals surface area contributed by atoms with Crippen LogP contribution in [0.2, 0.25) is 0 Å². The highest BCUT2D eigenvalue weighted by Crippen LogP contribution is 2.45. The summed E-state index contributed by atoms with van der Waals surface area (Å²) in [6, 6.07) is 22.6. The van der Waals surface area contributed by atoms with Crippen molar-refractivity contribution in [3.8, 4) is 22.6 Å². The molecule has 0 aliphatic carbocycles. The number of fused-ring (bicyclic) bond motifs is 3. The van der Waals surface area contributed by atoms with E-state index in [9.17, 15) is 0 Å². The molecule has 0 amide bonds. The van der Waals surface area contributed by atoms with Crippen molar-refractivity contribution in [1.82, 2.24) is 0 Å². The van der Waals surface area contributed by atoms with Crippen molar-refractivity contribution in [2.24, 2.45) is 0 Å². The lowest BCUT2D eigenvalue weighted by molar-refractivity contribution is 0.243. The molecule has 3 aromatic rings. The first-order valence-corrected chi connectivity index (χ1v) is 8.25. The summed E-state index contributed by atoms with van der Waals surface area (Å²) >= 11 is 3.55. The number of hydrogen-bond acceptors (Lipinski definition) is 2. The first-order valence-electron chi connectivity index (χ1n) is 7.46. The maximum atomic E-state index is 6.31. The number of ether oxygens (including phenoxy) is 2. The molecule has 0 radical (unpaired) electrons.